The van der Waals surface area contributed by atoms with E-state index in [9.17, 15) is 13.2 Å². The van der Waals surface area contributed by atoms with Gasteiger partial charge in [0.25, 0.3) is 0 Å². The molecule has 3 nitrogen and oxygen atoms in total. The quantitative estimate of drug-likeness (QED) is 0.706. The molecule has 0 N–H and O–H groups in total. The molecule has 0 saturated carbocycles. The summed E-state index contributed by atoms with van der Waals surface area (Å²) in [5.74, 6) is 0.241. The average Bonchev–Trinajstić information content (AvgIpc) is 3.20. The molecule has 0 spiro atoms. The van der Waals surface area contributed by atoms with Crippen molar-refractivity contribution >= 4 is 5.69 Å². The van der Waals surface area contributed by atoms with Gasteiger partial charge in [-0.15, -0.1) is 0 Å². The van der Waals surface area contributed by atoms with Crippen LogP contribution >= 0.6 is 0 Å². The van der Waals surface area contributed by atoms with Gasteiger partial charge in [-0.3, -0.25) is 0 Å². The first-order valence-corrected chi connectivity index (χ1v) is 8.77. The maximum absolute atomic E-state index is 13.3. The molecule has 2 atom stereocenters. The fourth-order valence-corrected chi connectivity index (χ4v) is 3.72. The number of nitriles is 1. The zero-order valence-corrected chi connectivity index (χ0v) is 15.2. The van der Waals surface area contributed by atoms with Crippen molar-refractivity contribution in [3.63, 3.8) is 0 Å². The lowest BCUT2D eigenvalue weighted by atomic mass is 9.85. The Balaban J connectivity index is 1.96. The number of rotatable bonds is 4. The van der Waals surface area contributed by atoms with Gasteiger partial charge in [0.1, 0.15) is 0 Å². The average molecular weight is 374 g/mol. The summed E-state index contributed by atoms with van der Waals surface area (Å²) in [4.78, 5) is 1.80. The molecule has 2 unspecified atom stereocenters. The smallest absolute Gasteiger partial charge is 0.379 e. The van der Waals surface area contributed by atoms with Gasteiger partial charge in [-0.1, -0.05) is 36.0 Å². The van der Waals surface area contributed by atoms with Crippen molar-refractivity contribution in [2.75, 3.05) is 19.1 Å². The van der Waals surface area contributed by atoms with Gasteiger partial charge >= 0.3 is 6.18 Å². The summed E-state index contributed by atoms with van der Waals surface area (Å²) in [5.41, 5.74) is 0.368. The number of alkyl halides is 3. The van der Waals surface area contributed by atoms with Crippen LogP contribution in [-0.2, 0) is 10.9 Å². The monoisotopic (exact) mass is 374 g/mol. The maximum atomic E-state index is 13.3. The van der Waals surface area contributed by atoms with Crippen LogP contribution < -0.4 is 4.90 Å². The van der Waals surface area contributed by atoms with Gasteiger partial charge in [0.15, 0.2) is 0 Å². The van der Waals surface area contributed by atoms with E-state index in [1.165, 1.54) is 11.6 Å². The second-order valence-corrected chi connectivity index (χ2v) is 6.79. The van der Waals surface area contributed by atoms with Gasteiger partial charge in [-0.2, -0.15) is 18.4 Å². The molecule has 0 fully saturated rings. The summed E-state index contributed by atoms with van der Waals surface area (Å²) in [7, 11) is 3.39. The number of allylic oxidation sites excluding steroid dienone is 5. The zero-order valence-electron chi connectivity index (χ0n) is 15.2. The number of ether oxygens (including phenoxy) is 1. The molecule has 2 aliphatic rings. The van der Waals surface area contributed by atoms with Crippen molar-refractivity contribution in [2.24, 2.45) is 5.92 Å². The summed E-state index contributed by atoms with van der Waals surface area (Å²) in [5, 5.41) is 8.99. The first-order valence-electron chi connectivity index (χ1n) is 8.77. The zero-order chi connectivity index (χ0) is 19.6. The van der Waals surface area contributed by atoms with Crippen molar-refractivity contribution < 1.29 is 17.9 Å². The molecule has 1 aromatic carbocycles. The third-order valence-electron chi connectivity index (χ3n) is 5.25. The molecule has 6 heteroatoms. The van der Waals surface area contributed by atoms with Gasteiger partial charge in [-0.05, 0) is 31.0 Å². The molecule has 142 valence electrons. The van der Waals surface area contributed by atoms with Crippen LogP contribution in [0.2, 0.25) is 0 Å². The molecule has 2 aliphatic carbocycles. The van der Waals surface area contributed by atoms with Crippen LogP contribution in [0.25, 0.3) is 0 Å². The Morgan fingerprint density at radius 3 is 2.52 bits per heavy atom. The first kappa shape index (κ1) is 19.2. The van der Waals surface area contributed by atoms with Crippen molar-refractivity contribution in [2.45, 2.75) is 31.2 Å². The first-order chi connectivity index (χ1) is 12.8. The Bertz CT molecular complexity index is 821. The number of anilines is 1. The number of likely N-dealkylation sites (N-methyl/N-ethyl adjacent to an activating group) is 1. The largest absolute Gasteiger partial charge is 0.417 e. The molecule has 0 aromatic heterocycles. The highest BCUT2D eigenvalue weighted by atomic mass is 19.4. The Morgan fingerprint density at radius 2 is 1.93 bits per heavy atom. The molecule has 0 radical (unpaired) electrons. The third kappa shape index (κ3) is 3.93. The van der Waals surface area contributed by atoms with Gasteiger partial charge in [0.05, 0.1) is 29.3 Å². The summed E-state index contributed by atoms with van der Waals surface area (Å²) >= 11 is 0. The lowest BCUT2D eigenvalue weighted by Gasteiger charge is -2.38. The van der Waals surface area contributed by atoms with Crippen molar-refractivity contribution in [1.29, 1.82) is 5.26 Å². The van der Waals surface area contributed by atoms with Crippen LogP contribution in [0.1, 0.15) is 24.0 Å². The van der Waals surface area contributed by atoms with E-state index in [1.807, 2.05) is 12.2 Å². The highest BCUT2D eigenvalue weighted by molar-refractivity contribution is 5.56. The molecule has 0 heterocycles. The van der Waals surface area contributed by atoms with E-state index in [0.29, 0.717) is 5.69 Å². The van der Waals surface area contributed by atoms with E-state index in [4.69, 9.17) is 10.00 Å². The molecular weight excluding hydrogens is 353 g/mol. The number of hydrogen-bond acceptors (Lipinski definition) is 3. The Morgan fingerprint density at radius 1 is 1.22 bits per heavy atom. The number of methoxy groups -OCH3 is 1. The van der Waals surface area contributed by atoms with E-state index in [-0.39, 0.29) is 23.6 Å². The highest BCUT2D eigenvalue weighted by Crippen LogP contribution is 2.37. The topological polar surface area (TPSA) is 36.3 Å². The number of halogens is 3. The predicted octanol–water partition coefficient (Wildman–Crippen LogP) is 4.86. The minimum absolute atomic E-state index is 0.113. The molecule has 3 rings (SSSR count). The minimum atomic E-state index is -4.57. The Hall–Kier alpha value is -2.52. The SMILES string of the molecule is COC1CCC(C2C=CC=C2)=CC1N(C)c1ccc(C#N)c(C(F)(F)F)c1. The van der Waals surface area contributed by atoms with E-state index in [2.05, 4.69) is 18.2 Å². The molecule has 0 bridgehead atoms. The molecule has 27 heavy (non-hydrogen) atoms. The standard InChI is InChI=1S/C21H21F3N2O/c1-26(17-9-7-16(13-25)18(12-17)21(22,23)24)19-11-15(8-10-20(19)27-2)14-5-3-4-6-14/h3-7,9,11-12,14,19-20H,8,10H2,1-2H3. The molecule has 1 aromatic rings. The highest BCUT2D eigenvalue weighted by Gasteiger charge is 2.35. The van der Waals surface area contributed by atoms with Gasteiger partial charge < -0.3 is 9.64 Å². The summed E-state index contributed by atoms with van der Waals surface area (Å²) < 4.78 is 45.5. The number of hydrogen-bond donors (Lipinski definition) is 0. The van der Waals surface area contributed by atoms with Crippen molar-refractivity contribution in [3.05, 3.63) is 65.3 Å². The fraction of sp³-hybridized carbons (Fsp3) is 0.381. The predicted molar refractivity (Wildman–Crippen MR) is 98.2 cm³/mol. The van der Waals surface area contributed by atoms with E-state index in [0.717, 1.165) is 18.9 Å². The lowest BCUT2D eigenvalue weighted by Crippen LogP contribution is -2.43. The van der Waals surface area contributed by atoms with Crippen LogP contribution in [0.3, 0.4) is 0 Å². The molecular formula is C21H21F3N2O. The fourth-order valence-electron chi connectivity index (χ4n) is 3.72. The van der Waals surface area contributed by atoms with Gasteiger partial charge in [-0.25, -0.2) is 0 Å². The van der Waals surface area contributed by atoms with Crippen LogP contribution in [0, 0.1) is 17.2 Å². The summed E-state index contributed by atoms with van der Waals surface area (Å²) in [6.45, 7) is 0. The van der Waals surface area contributed by atoms with Crippen molar-refractivity contribution in [3.8, 4) is 6.07 Å². The van der Waals surface area contributed by atoms with Gasteiger partial charge in [0.2, 0.25) is 0 Å². The minimum Gasteiger partial charge on any atom is -0.379 e. The third-order valence-corrected chi connectivity index (χ3v) is 5.25. The van der Waals surface area contributed by atoms with Crippen LogP contribution in [0.5, 0.6) is 0 Å². The molecule has 0 saturated heterocycles. The second kappa shape index (κ2) is 7.61. The maximum Gasteiger partial charge on any atom is 0.417 e. The number of benzene rings is 1. The van der Waals surface area contributed by atoms with E-state index in [1.54, 1.807) is 31.2 Å². The van der Waals surface area contributed by atoms with E-state index >= 15 is 0 Å². The normalized spacial score (nSPS) is 22.6. The van der Waals surface area contributed by atoms with E-state index < -0.39 is 11.7 Å². The molecule has 0 aliphatic heterocycles. The second-order valence-electron chi connectivity index (χ2n) is 6.79. The molecule has 0 amide bonds. The van der Waals surface area contributed by atoms with Gasteiger partial charge in [0, 0.05) is 25.8 Å². The Kier molecular flexibility index (Phi) is 5.43. The van der Waals surface area contributed by atoms with Crippen LogP contribution in [0.15, 0.2) is 54.2 Å². The Labute approximate surface area is 157 Å². The number of nitrogens with zero attached hydrogens (tertiary/aromatic N) is 2. The van der Waals surface area contributed by atoms with Crippen LogP contribution in [-0.4, -0.2) is 26.3 Å². The lowest BCUT2D eigenvalue weighted by molar-refractivity contribution is -0.137. The summed E-state index contributed by atoms with van der Waals surface area (Å²) in [6.07, 6.45) is 7.34. The van der Waals surface area contributed by atoms with Crippen molar-refractivity contribution in [1.82, 2.24) is 0 Å². The summed E-state index contributed by atoms with van der Waals surface area (Å²) in [6, 6.07) is 5.26. The van der Waals surface area contributed by atoms with Crippen LogP contribution in [0.4, 0.5) is 18.9 Å².